The van der Waals surface area contributed by atoms with Gasteiger partial charge in [-0.15, -0.1) is 0 Å². The van der Waals surface area contributed by atoms with E-state index in [0.717, 1.165) is 61.5 Å². The van der Waals surface area contributed by atoms with E-state index in [1.165, 1.54) is 0 Å². The minimum absolute atomic E-state index is 0.0304. The Morgan fingerprint density at radius 3 is 2.31 bits per heavy atom. The SMILES string of the molecule is Cc1cc(N2CCCC2)nc(Nc2ccc(NC(=O)c3ccc(C(F)(F)F)nc3)cc2)n1. The Hall–Kier alpha value is -3.69. The Bertz CT molecular complexity index is 1090. The highest BCUT2D eigenvalue weighted by Crippen LogP contribution is 2.27. The second-order valence-corrected chi connectivity index (χ2v) is 7.47. The minimum atomic E-state index is -4.55. The summed E-state index contributed by atoms with van der Waals surface area (Å²) in [7, 11) is 0. The number of anilines is 4. The Kier molecular flexibility index (Phi) is 5.93. The van der Waals surface area contributed by atoms with Gasteiger partial charge in [0.1, 0.15) is 11.5 Å². The molecule has 1 aliphatic rings. The number of aryl methyl sites for hydroxylation is 1. The molecule has 1 saturated heterocycles. The van der Waals surface area contributed by atoms with Crippen LogP contribution in [-0.4, -0.2) is 33.9 Å². The maximum Gasteiger partial charge on any atom is 0.433 e. The van der Waals surface area contributed by atoms with Crippen LogP contribution in [0.2, 0.25) is 0 Å². The summed E-state index contributed by atoms with van der Waals surface area (Å²) < 4.78 is 37.8. The van der Waals surface area contributed by atoms with Gasteiger partial charge in [0.05, 0.1) is 5.56 Å². The standard InChI is InChI=1S/C22H21F3N6O/c1-14-12-19(31-10-2-3-11-31)30-21(27-14)29-17-7-5-16(6-8-17)28-20(32)15-4-9-18(26-13-15)22(23,24)25/h4-9,12-13H,2-3,10-11H2,1H3,(H,28,32)(H,27,29,30). The molecule has 4 rings (SSSR count). The molecule has 0 radical (unpaired) electrons. The fraction of sp³-hybridized carbons (Fsp3) is 0.273. The lowest BCUT2D eigenvalue weighted by molar-refractivity contribution is -0.141. The van der Waals surface area contributed by atoms with Crippen molar-refractivity contribution in [3.8, 4) is 0 Å². The average Bonchev–Trinajstić information content (AvgIpc) is 3.29. The third-order valence-corrected chi connectivity index (χ3v) is 4.99. The first-order chi connectivity index (χ1) is 15.3. The molecule has 2 aromatic heterocycles. The Morgan fingerprint density at radius 1 is 1.00 bits per heavy atom. The predicted molar refractivity (Wildman–Crippen MR) is 115 cm³/mol. The van der Waals surface area contributed by atoms with Crippen LogP contribution in [0.3, 0.4) is 0 Å². The summed E-state index contributed by atoms with van der Waals surface area (Å²) in [5.41, 5.74) is 1.07. The summed E-state index contributed by atoms with van der Waals surface area (Å²) in [5, 5.41) is 5.80. The molecule has 0 aliphatic carbocycles. The summed E-state index contributed by atoms with van der Waals surface area (Å²) in [4.78, 5) is 26.8. The lowest BCUT2D eigenvalue weighted by Gasteiger charge is -2.17. The molecule has 32 heavy (non-hydrogen) atoms. The number of amides is 1. The van der Waals surface area contributed by atoms with E-state index in [1.54, 1.807) is 24.3 Å². The van der Waals surface area contributed by atoms with E-state index in [1.807, 2.05) is 13.0 Å². The molecule has 10 heteroatoms. The van der Waals surface area contributed by atoms with E-state index in [9.17, 15) is 18.0 Å². The molecule has 0 unspecified atom stereocenters. The van der Waals surface area contributed by atoms with Crippen molar-refractivity contribution in [3.05, 3.63) is 65.6 Å². The lowest BCUT2D eigenvalue weighted by atomic mass is 10.2. The maximum atomic E-state index is 12.6. The van der Waals surface area contributed by atoms with Crippen molar-refractivity contribution < 1.29 is 18.0 Å². The topological polar surface area (TPSA) is 83.0 Å². The molecule has 0 saturated carbocycles. The van der Waals surface area contributed by atoms with Crippen molar-refractivity contribution in [2.45, 2.75) is 25.9 Å². The zero-order valence-electron chi connectivity index (χ0n) is 17.3. The number of hydrogen-bond donors (Lipinski definition) is 2. The number of halogens is 3. The zero-order chi connectivity index (χ0) is 22.7. The number of pyridine rings is 1. The monoisotopic (exact) mass is 442 g/mol. The van der Waals surface area contributed by atoms with E-state index in [-0.39, 0.29) is 5.56 Å². The van der Waals surface area contributed by atoms with E-state index in [0.29, 0.717) is 11.6 Å². The molecular weight excluding hydrogens is 421 g/mol. The van der Waals surface area contributed by atoms with Crippen LogP contribution in [-0.2, 0) is 6.18 Å². The summed E-state index contributed by atoms with van der Waals surface area (Å²) in [6.07, 6.45) is -1.34. The van der Waals surface area contributed by atoms with Gasteiger partial charge in [-0.05, 0) is 56.2 Å². The van der Waals surface area contributed by atoms with Crippen molar-refractivity contribution in [2.24, 2.45) is 0 Å². The highest BCUT2D eigenvalue weighted by atomic mass is 19.4. The van der Waals surface area contributed by atoms with Crippen LogP contribution in [0, 0.1) is 6.92 Å². The number of hydrogen-bond acceptors (Lipinski definition) is 6. The third-order valence-electron chi connectivity index (χ3n) is 4.99. The number of nitrogens with one attached hydrogen (secondary N) is 2. The fourth-order valence-electron chi connectivity index (χ4n) is 3.38. The van der Waals surface area contributed by atoms with Gasteiger partial charge in [-0.1, -0.05) is 0 Å². The number of carbonyl (C=O) groups is 1. The van der Waals surface area contributed by atoms with Gasteiger partial charge < -0.3 is 15.5 Å². The number of nitrogens with zero attached hydrogens (tertiary/aromatic N) is 4. The molecule has 2 N–H and O–H groups in total. The van der Waals surface area contributed by atoms with Crippen molar-refractivity contribution >= 4 is 29.0 Å². The molecule has 166 valence electrons. The molecule has 1 fully saturated rings. The first kappa shape index (κ1) is 21.5. The highest BCUT2D eigenvalue weighted by Gasteiger charge is 2.32. The molecule has 0 bridgehead atoms. The summed E-state index contributed by atoms with van der Waals surface area (Å²) in [6, 6.07) is 10.7. The fourth-order valence-corrected chi connectivity index (χ4v) is 3.38. The number of benzene rings is 1. The van der Waals surface area contributed by atoms with Crippen LogP contribution in [0.1, 0.15) is 34.6 Å². The summed E-state index contributed by atoms with van der Waals surface area (Å²) in [5.74, 6) is 0.829. The second-order valence-electron chi connectivity index (χ2n) is 7.47. The zero-order valence-corrected chi connectivity index (χ0v) is 17.3. The van der Waals surface area contributed by atoms with Crippen LogP contribution >= 0.6 is 0 Å². The molecule has 1 amide bonds. The first-order valence-corrected chi connectivity index (χ1v) is 10.1. The average molecular weight is 442 g/mol. The van der Waals surface area contributed by atoms with Crippen molar-refractivity contribution in [1.82, 2.24) is 15.0 Å². The Labute approximate surface area is 182 Å². The molecule has 3 aromatic rings. The van der Waals surface area contributed by atoms with Crippen molar-refractivity contribution in [3.63, 3.8) is 0 Å². The lowest BCUT2D eigenvalue weighted by Crippen LogP contribution is -2.19. The first-order valence-electron chi connectivity index (χ1n) is 10.1. The van der Waals surface area contributed by atoms with E-state index >= 15 is 0 Å². The predicted octanol–water partition coefficient (Wildman–Crippen LogP) is 4.79. The van der Waals surface area contributed by atoms with Gasteiger partial charge in [0.15, 0.2) is 0 Å². The number of alkyl halides is 3. The van der Waals surface area contributed by atoms with E-state index in [4.69, 9.17) is 0 Å². The van der Waals surface area contributed by atoms with Crippen LogP contribution in [0.25, 0.3) is 0 Å². The summed E-state index contributed by atoms with van der Waals surface area (Å²) in [6.45, 7) is 3.89. The van der Waals surface area contributed by atoms with E-state index in [2.05, 4.69) is 30.5 Å². The van der Waals surface area contributed by atoms with Gasteiger partial charge in [0.2, 0.25) is 5.95 Å². The maximum absolute atomic E-state index is 12.6. The van der Waals surface area contributed by atoms with Crippen molar-refractivity contribution in [2.75, 3.05) is 28.6 Å². The molecule has 7 nitrogen and oxygen atoms in total. The van der Waals surface area contributed by atoms with Crippen molar-refractivity contribution in [1.29, 1.82) is 0 Å². The van der Waals surface area contributed by atoms with Gasteiger partial charge in [-0.2, -0.15) is 18.2 Å². The number of aromatic nitrogens is 3. The van der Waals surface area contributed by atoms with Gasteiger partial charge >= 0.3 is 6.18 Å². The van der Waals surface area contributed by atoms with E-state index < -0.39 is 17.8 Å². The third kappa shape index (κ3) is 5.13. The Morgan fingerprint density at radius 2 is 1.69 bits per heavy atom. The molecule has 1 aliphatic heterocycles. The molecule has 0 spiro atoms. The van der Waals surface area contributed by atoms with Gasteiger partial charge in [0, 0.05) is 42.4 Å². The van der Waals surface area contributed by atoms with Crippen LogP contribution in [0.4, 0.5) is 36.3 Å². The number of rotatable bonds is 5. The molecular formula is C22H21F3N6O. The van der Waals surface area contributed by atoms with Crippen LogP contribution < -0.4 is 15.5 Å². The minimum Gasteiger partial charge on any atom is -0.356 e. The van der Waals surface area contributed by atoms with Gasteiger partial charge in [-0.3, -0.25) is 9.78 Å². The Balaban J connectivity index is 1.41. The van der Waals surface area contributed by atoms with Crippen LogP contribution in [0.15, 0.2) is 48.7 Å². The van der Waals surface area contributed by atoms with Gasteiger partial charge in [-0.25, -0.2) is 4.98 Å². The largest absolute Gasteiger partial charge is 0.433 e. The normalized spacial score (nSPS) is 13.8. The quantitative estimate of drug-likeness (QED) is 0.591. The van der Waals surface area contributed by atoms with Crippen LogP contribution in [0.5, 0.6) is 0 Å². The summed E-state index contributed by atoms with van der Waals surface area (Å²) >= 11 is 0. The molecule has 0 atom stereocenters. The van der Waals surface area contributed by atoms with Gasteiger partial charge in [0.25, 0.3) is 5.91 Å². The smallest absolute Gasteiger partial charge is 0.356 e. The number of carbonyl (C=O) groups excluding carboxylic acids is 1. The second kappa shape index (κ2) is 8.81. The molecule has 1 aromatic carbocycles. The highest BCUT2D eigenvalue weighted by molar-refractivity contribution is 6.04. The molecule has 3 heterocycles.